The molecule has 0 bridgehead atoms. The van der Waals surface area contributed by atoms with Gasteiger partial charge in [-0.25, -0.2) is 4.79 Å². The Hall–Kier alpha value is -1.71. The van der Waals surface area contributed by atoms with Crippen LogP contribution < -0.4 is 10.1 Å². The first kappa shape index (κ1) is 14.4. The summed E-state index contributed by atoms with van der Waals surface area (Å²) in [6, 6.07) is 7.25. The van der Waals surface area contributed by atoms with Crippen LogP contribution in [0.4, 0.5) is 5.69 Å². The average molecular weight is 251 g/mol. The highest BCUT2D eigenvalue weighted by Gasteiger charge is 2.17. The van der Waals surface area contributed by atoms with E-state index >= 15 is 0 Å². The van der Waals surface area contributed by atoms with Crippen molar-refractivity contribution >= 4 is 11.7 Å². The first-order chi connectivity index (χ1) is 8.71. The zero-order valence-corrected chi connectivity index (χ0v) is 11.2. The van der Waals surface area contributed by atoms with Gasteiger partial charge >= 0.3 is 5.97 Å². The van der Waals surface area contributed by atoms with E-state index in [1.807, 2.05) is 38.1 Å². The van der Waals surface area contributed by atoms with Crippen LogP contribution in [0.3, 0.4) is 0 Å². The quantitative estimate of drug-likeness (QED) is 0.757. The van der Waals surface area contributed by atoms with Crippen LogP contribution in [0.15, 0.2) is 24.3 Å². The van der Waals surface area contributed by atoms with Crippen molar-refractivity contribution in [2.75, 3.05) is 18.5 Å². The lowest BCUT2D eigenvalue weighted by Gasteiger charge is -2.17. The number of carbonyl (C=O) groups is 1. The number of hydrogen-bond acceptors (Lipinski definition) is 4. The minimum absolute atomic E-state index is 0.221. The van der Waals surface area contributed by atoms with E-state index in [4.69, 9.17) is 9.47 Å². The number of esters is 1. The Balaban J connectivity index is 2.69. The Bertz CT molecular complexity index is 379. The van der Waals surface area contributed by atoms with Crippen molar-refractivity contribution in [1.82, 2.24) is 0 Å². The van der Waals surface area contributed by atoms with Gasteiger partial charge in [-0.15, -0.1) is 0 Å². The average Bonchev–Trinajstić information content (AvgIpc) is 2.37. The molecule has 1 rings (SSSR count). The molecule has 0 saturated heterocycles. The molecule has 1 aromatic carbocycles. The van der Waals surface area contributed by atoms with Gasteiger partial charge in [-0.2, -0.15) is 0 Å². The SMILES string of the molecule is CCOC(=O)C(CC)Nc1cccc(OCC)c1. The van der Waals surface area contributed by atoms with Gasteiger partial charge in [-0.3, -0.25) is 0 Å². The number of anilines is 1. The van der Waals surface area contributed by atoms with E-state index in [2.05, 4.69) is 5.32 Å². The minimum atomic E-state index is -0.318. The van der Waals surface area contributed by atoms with Gasteiger partial charge < -0.3 is 14.8 Å². The number of carbonyl (C=O) groups excluding carboxylic acids is 1. The van der Waals surface area contributed by atoms with Crippen molar-refractivity contribution in [3.05, 3.63) is 24.3 Å². The van der Waals surface area contributed by atoms with Gasteiger partial charge in [0.25, 0.3) is 0 Å². The molecule has 0 fully saturated rings. The normalized spacial score (nSPS) is 11.7. The van der Waals surface area contributed by atoms with E-state index in [-0.39, 0.29) is 12.0 Å². The number of nitrogens with one attached hydrogen (secondary N) is 1. The Labute approximate surface area is 108 Å². The van der Waals surface area contributed by atoms with Crippen molar-refractivity contribution < 1.29 is 14.3 Å². The van der Waals surface area contributed by atoms with Crippen LogP contribution in [0.1, 0.15) is 27.2 Å². The molecule has 0 spiro atoms. The molecule has 100 valence electrons. The van der Waals surface area contributed by atoms with Gasteiger partial charge in [0.2, 0.25) is 0 Å². The van der Waals surface area contributed by atoms with Crippen molar-refractivity contribution in [3.63, 3.8) is 0 Å². The molecule has 4 nitrogen and oxygen atoms in total. The standard InChI is InChI=1S/C14H21NO3/c1-4-13(14(16)18-6-3)15-11-8-7-9-12(10-11)17-5-2/h7-10,13,15H,4-6H2,1-3H3. The van der Waals surface area contributed by atoms with Crippen molar-refractivity contribution in [1.29, 1.82) is 0 Å². The van der Waals surface area contributed by atoms with Gasteiger partial charge in [0.1, 0.15) is 11.8 Å². The van der Waals surface area contributed by atoms with E-state index < -0.39 is 0 Å². The smallest absolute Gasteiger partial charge is 0.328 e. The van der Waals surface area contributed by atoms with Gasteiger partial charge in [0, 0.05) is 11.8 Å². The largest absolute Gasteiger partial charge is 0.494 e. The molecular formula is C14H21NO3. The summed E-state index contributed by atoms with van der Waals surface area (Å²) in [4.78, 5) is 11.7. The minimum Gasteiger partial charge on any atom is -0.494 e. The molecule has 0 aliphatic heterocycles. The van der Waals surface area contributed by atoms with Crippen LogP contribution in [-0.4, -0.2) is 25.2 Å². The predicted molar refractivity (Wildman–Crippen MR) is 71.9 cm³/mol. The fourth-order valence-corrected chi connectivity index (χ4v) is 1.61. The summed E-state index contributed by atoms with van der Waals surface area (Å²) in [6.45, 7) is 6.71. The lowest BCUT2D eigenvalue weighted by molar-refractivity contribution is -0.144. The second-order valence-electron chi connectivity index (χ2n) is 3.82. The maximum Gasteiger partial charge on any atom is 0.328 e. The third-order valence-electron chi connectivity index (χ3n) is 2.47. The van der Waals surface area contributed by atoms with Crippen LogP contribution >= 0.6 is 0 Å². The molecule has 0 radical (unpaired) electrons. The topological polar surface area (TPSA) is 47.6 Å². The molecule has 0 aliphatic carbocycles. The lowest BCUT2D eigenvalue weighted by atomic mass is 10.2. The molecule has 1 aromatic rings. The van der Waals surface area contributed by atoms with Crippen LogP contribution in [-0.2, 0) is 9.53 Å². The van der Waals surface area contributed by atoms with E-state index in [1.165, 1.54) is 0 Å². The van der Waals surface area contributed by atoms with E-state index in [0.717, 1.165) is 11.4 Å². The zero-order chi connectivity index (χ0) is 13.4. The van der Waals surface area contributed by atoms with Gasteiger partial charge in [-0.05, 0) is 32.4 Å². The summed E-state index contributed by atoms with van der Waals surface area (Å²) in [7, 11) is 0. The Morgan fingerprint density at radius 3 is 2.67 bits per heavy atom. The Morgan fingerprint density at radius 1 is 1.28 bits per heavy atom. The molecular weight excluding hydrogens is 230 g/mol. The third-order valence-corrected chi connectivity index (χ3v) is 2.47. The Morgan fingerprint density at radius 2 is 2.06 bits per heavy atom. The molecule has 0 saturated carbocycles. The summed E-state index contributed by atoms with van der Waals surface area (Å²) >= 11 is 0. The number of benzene rings is 1. The van der Waals surface area contributed by atoms with Crippen molar-refractivity contribution in [3.8, 4) is 5.75 Å². The highest BCUT2D eigenvalue weighted by Crippen LogP contribution is 2.18. The molecule has 0 amide bonds. The molecule has 1 N–H and O–H groups in total. The molecule has 0 aromatic heterocycles. The molecule has 1 atom stereocenters. The highest BCUT2D eigenvalue weighted by molar-refractivity contribution is 5.79. The molecule has 1 unspecified atom stereocenters. The third kappa shape index (κ3) is 4.28. The van der Waals surface area contributed by atoms with Crippen molar-refractivity contribution in [2.45, 2.75) is 33.2 Å². The first-order valence-corrected chi connectivity index (χ1v) is 6.37. The Kier molecular flexibility index (Phi) is 6.05. The van der Waals surface area contributed by atoms with Gasteiger partial charge in [0.05, 0.1) is 13.2 Å². The second kappa shape index (κ2) is 7.58. The number of rotatable bonds is 7. The van der Waals surface area contributed by atoms with Gasteiger partial charge in [0.15, 0.2) is 0 Å². The zero-order valence-electron chi connectivity index (χ0n) is 11.2. The monoisotopic (exact) mass is 251 g/mol. The molecule has 18 heavy (non-hydrogen) atoms. The molecule has 0 heterocycles. The fourth-order valence-electron chi connectivity index (χ4n) is 1.61. The first-order valence-electron chi connectivity index (χ1n) is 6.37. The van der Waals surface area contributed by atoms with E-state index in [1.54, 1.807) is 6.92 Å². The van der Waals surface area contributed by atoms with Crippen LogP contribution in [0.25, 0.3) is 0 Å². The number of hydrogen-bond donors (Lipinski definition) is 1. The van der Waals surface area contributed by atoms with Crippen LogP contribution in [0.2, 0.25) is 0 Å². The summed E-state index contributed by atoms with van der Waals surface area (Å²) in [5.74, 6) is 0.572. The van der Waals surface area contributed by atoms with E-state index in [9.17, 15) is 4.79 Å². The highest BCUT2D eigenvalue weighted by atomic mass is 16.5. The van der Waals surface area contributed by atoms with Gasteiger partial charge in [-0.1, -0.05) is 13.0 Å². The van der Waals surface area contributed by atoms with E-state index in [0.29, 0.717) is 19.6 Å². The maximum absolute atomic E-state index is 11.7. The summed E-state index contributed by atoms with van der Waals surface area (Å²) in [5.41, 5.74) is 0.862. The summed E-state index contributed by atoms with van der Waals surface area (Å²) in [5, 5.41) is 3.16. The van der Waals surface area contributed by atoms with Crippen molar-refractivity contribution in [2.24, 2.45) is 0 Å². The van der Waals surface area contributed by atoms with Crippen LogP contribution in [0, 0.1) is 0 Å². The lowest BCUT2D eigenvalue weighted by Crippen LogP contribution is -2.30. The summed E-state index contributed by atoms with van der Waals surface area (Å²) in [6.07, 6.45) is 0.678. The maximum atomic E-state index is 11.7. The molecule has 0 aliphatic rings. The number of ether oxygens (including phenoxy) is 2. The fraction of sp³-hybridized carbons (Fsp3) is 0.500. The molecule has 4 heteroatoms. The van der Waals surface area contributed by atoms with Crippen LogP contribution in [0.5, 0.6) is 5.75 Å². The predicted octanol–water partition coefficient (Wildman–Crippen LogP) is 2.84. The summed E-state index contributed by atoms with van der Waals surface area (Å²) < 4.78 is 10.4. The second-order valence-corrected chi connectivity index (χ2v) is 3.82.